The molecule has 1 aromatic carbocycles. The topological polar surface area (TPSA) is 15.3 Å². The number of rotatable bonds is 5. The van der Waals surface area contributed by atoms with Crippen LogP contribution in [0.2, 0.25) is 0 Å². The van der Waals surface area contributed by atoms with Gasteiger partial charge in [0.05, 0.1) is 0 Å². The largest absolute Gasteiger partial charge is 0.312 e. The van der Waals surface area contributed by atoms with Crippen molar-refractivity contribution < 1.29 is 0 Å². The Morgan fingerprint density at radius 3 is 2.79 bits per heavy atom. The smallest absolute Gasteiger partial charge is 0.0235 e. The fourth-order valence-electron chi connectivity index (χ4n) is 2.76. The second-order valence-corrected chi connectivity index (χ2v) is 6.18. The van der Waals surface area contributed by atoms with Crippen LogP contribution < -0.4 is 5.32 Å². The van der Waals surface area contributed by atoms with Gasteiger partial charge >= 0.3 is 0 Å². The van der Waals surface area contributed by atoms with E-state index < -0.39 is 0 Å². The highest BCUT2D eigenvalue weighted by Crippen LogP contribution is 2.10. The van der Waals surface area contributed by atoms with Crippen LogP contribution in [0.25, 0.3) is 0 Å². The predicted octanol–water partition coefficient (Wildman–Crippen LogP) is 2.94. The molecule has 0 aliphatic carbocycles. The fraction of sp³-hybridized carbons (Fsp3) is 0.647. The van der Waals surface area contributed by atoms with E-state index in [-0.39, 0.29) is 0 Å². The summed E-state index contributed by atoms with van der Waals surface area (Å²) in [5, 5.41) is 3.71. The van der Waals surface area contributed by atoms with E-state index in [1.54, 1.807) is 0 Å². The van der Waals surface area contributed by atoms with Crippen LogP contribution in [0.15, 0.2) is 30.3 Å². The van der Waals surface area contributed by atoms with Crippen molar-refractivity contribution in [2.75, 3.05) is 26.2 Å². The van der Waals surface area contributed by atoms with Gasteiger partial charge in [0.25, 0.3) is 0 Å². The van der Waals surface area contributed by atoms with E-state index in [0.29, 0.717) is 6.04 Å². The van der Waals surface area contributed by atoms with Crippen molar-refractivity contribution in [2.45, 2.75) is 39.2 Å². The maximum atomic E-state index is 3.71. The Labute approximate surface area is 118 Å². The minimum Gasteiger partial charge on any atom is -0.312 e. The molecule has 1 atom stereocenters. The maximum Gasteiger partial charge on any atom is 0.0235 e. The molecule has 2 rings (SSSR count). The molecule has 0 saturated carbocycles. The summed E-state index contributed by atoms with van der Waals surface area (Å²) >= 11 is 0. The fourth-order valence-corrected chi connectivity index (χ4v) is 2.76. The van der Waals surface area contributed by atoms with E-state index in [0.717, 1.165) is 18.9 Å². The van der Waals surface area contributed by atoms with E-state index >= 15 is 0 Å². The number of benzene rings is 1. The maximum absolute atomic E-state index is 3.71. The number of hydrogen-bond donors (Lipinski definition) is 1. The third-order valence-electron chi connectivity index (χ3n) is 3.91. The predicted molar refractivity (Wildman–Crippen MR) is 82.4 cm³/mol. The van der Waals surface area contributed by atoms with Crippen molar-refractivity contribution in [3.05, 3.63) is 35.9 Å². The number of nitrogens with zero attached hydrogens (tertiary/aromatic N) is 1. The second-order valence-electron chi connectivity index (χ2n) is 6.18. The van der Waals surface area contributed by atoms with Gasteiger partial charge in [-0.2, -0.15) is 0 Å². The zero-order chi connectivity index (χ0) is 13.5. The lowest BCUT2D eigenvalue weighted by Crippen LogP contribution is -2.39. The van der Waals surface area contributed by atoms with E-state index in [1.165, 1.54) is 38.0 Å². The first-order valence-electron chi connectivity index (χ1n) is 7.73. The Hall–Kier alpha value is -0.860. The lowest BCUT2D eigenvalue weighted by Gasteiger charge is -2.25. The number of nitrogens with one attached hydrogen (secondary N) is 1. The van der Waals surface area contributed by atoms with Gasteiger partial charge in [-0.15, -0.1) is 0 Å². The summed E-state index contributed by atoms with van der Waals surface area (Å²) in [5.41, 5.74) is 1.45. The van der Waals surface area contributed by atoms with Crippen molar-refractivity contribution in [1.82, 2.24) is 10.2 Å². The lowest BCUT2D eigenvalue weighted by molar-refractivity contribution is 0.252. The van der Waals surface area contributed by atoms with E-state index in [4.69, 9.17) is 0 Å². The Bertz CT molecular complexity index is 348. The summed E-state index contributed by atoms with van der Waals surface area (Å²) in [6.45, 7) is 9.50. The molecule has 1 saturated heterocycles. The van der Waals surface area contributed by atoms with Gasteiger partial charge in [-0.3, -0.25) is 0 Å². The van der Waals surface area contributed by atoms with Gasteiger partial charge in [0.2, 0.25) is 0 Å². The van der Waals surface area contributed by atoms with Gasteiger partial charge in [-0.1, -0.05) is 44.2 Å². The average molecular weight is 260 g/mol. The third-order valence-corrected chi connectivity index (χ3v) is 3.91. The summed E-state index contributed by atoms with van der Waals surface area (Å²) in [7, 11) is 0. The first-order chi connectivity index (χ1) is 9.24. The Morgan fingerprint density at radius 2 is 2.05 bits per heavy atom. The Morgan fingerprint density at radius 1 is 1.26 bits per heavy atom. The standard InChI is InChI=1S/C17H28N2/c1-15(2)9-12-19-11-6-10-18-17(14-19)13-16-7-4-3-5-8-16/h3-5,7-8,15,17-18H,6,9-14H2,1-2H3. The van der Waals surface area contributed by atoms with Crippen LogP contribution in [-0.4, -0.2) is 37.1 Å². The van der Waals surface area contributed by atoms with E-state index in [1.807, 2.05) is 0 Å². The van der Waals surface area contributed by atoms with Crippen LogP contribution in [-0.2, 0) is 6.42 Å². The molecule has 0 spiro atoms. The van der Waals surface area contributed by atoms with Gasteiger partial charge in [0.1, 0.15) is 0 Å². The normalized spacial score (nSPS) is 21.5. The zero-order valence-electron chi connectivity index (χ0n) is 12.4. The monoisotopic (exact) mass is 260 g/mol. The summed E-state index contributed by atoms with van der Waals surface area (Å²) < 4.78 is 0. The first kappa shape index (κ1) is 14.5. The van der Waals surface area contributed by atoms with Crippen molar-refractivity contribution in [3.8, 4) is 0 Å². The molecule has 1 aliphatic rings. The molecule has 1 aromatic rings. The first-order valence-corrected chi connectivity index (χ1v) is 7.73. The Kier molecular flexibility index (Phi) is 5.87. The van der Waals surface area contributed by atoms with Gasteiger partial charge in [-0.25, -0.2) is 0 Å². The SMILES string of the molecule is CC(C)CCN1CCCNC(Cc2ccccc2)C1. The molecule has 0 amide bonds. The van der Waals surface area contributed by atoms with Crippen molar-refractivity contribution in [1.29, 1.82) is 0 Å². The Balaban J connectivity index is 1.85. The van der Waals surface area contributed by atoms with Crippen LogP contribution in [0.4, 0.5) is 0 Å². The molecule has 1 heterocycles. The van der Waals surface area contributed by atoms with Crippen molar-refractivity contribution >= 4 is 0 Å². The molecule has 1 N–H and O–H groups in total. The summed E-state index contributed by atoms with van der Waals surface area (Å²) in [5.74, 6) is 0.809. The van der Waals surface area contributed by atoms with Crippen molar-refractivity contribution in [2.24, 2.45) is 5.92 Å². The molecule has 2 nitrogen and oxygen atoms in total. The molecule has 0 radical (unpaired) electrons. The molecule has 19 heavy (non-hydrogen) atoms. The van der Waals surface area contributed by atoms with E-state index in [2.05, 4.69) is 54.4 Å². The van der Waals surface area contributed by atoms with Gasteiger partial charge < -0.3 is 10.2 Å². The zero-order valence-corrected chi connectivity index (χ0v) is 12.4. The van der Waals surface area contributed by atoms with Gasteiger partial charge in [0, 0.05) is 12.6 Å². The van der Waals surface area contributed by atoms with Crippen LogP contribution >= 0.6 is 0 Å². The minimum atomic E-state index is 0.608. The summed E-state index contributed by atoms with van der Waals surface area (Å²) in [6.07, 6.45) is 3.75. The molecule has 2 heteroatoms. The van der Waals surface area contributed by atoms with Gasteiger partial charge in [-0.05, 0) is 50.4 Å². The van der Waals surface area contributed by atoms with E-state index in [9.17, 15) is 0 Å². The molecular weight excluding hydrogens is 232 g/mol. The highest BCUT2D eigenvalue weighted by molar-refractivity contribution is 5.16. The molecule has 1 unspecified atom stereocenters. The molecule has 1 aliphatic heterocycles. The van der Waals surface area contributed by atoms with Crippen LogP contribution in [0, 0.1) is 5.92 Å². The molecule has 1 fully saturated rings. The highest BCUT2D eigenvalue weighted by atomic mass is 15.2. The van der Waals surface area contributed by atoms with Crippen molar-refractivity contribution in [3.63, 3.8) is 0 Å². The van der Waals surface area contributed by atoms with Crippen LogP contribution in [0.3, 0.4) is 0 Å². The third kappa shape index (κ3) is 5.33. The van der Waals surface area contributed by atoms with Gasteiger partial charge in [0.15, 0.2) is 0 Å². The molecule has 106 valence electrons. The highest BCUT2D eigenvalue weighted by Gasteiger charge is 2.17. The minimum absolute atomic E-state index is 0.608. The molecular formula is C17H28N2. The average Bonchev–Trinajstić information content (AvgIpc) is 2.63. The lowest BCUT2D eigenvalue weighted by atomic mass is 10.1. The number of hydrogen-bond acceptors (Lipinski definition) is 2. The molecule has 0 bridgehead atoms. The summed E-state index contributed by atoms with van der Waals surface area (Å²) in [4.78, 5) is 2.65. The summed E-state index contributed by atoms with van der Waals surface area (Å²) in [6, 6.07) is 11.5. The quantitative estimate of drug-likeness (QED) is 0.875. The second kappa shape index (κ2) is 7.66. The van der Waals surface area contributed by atoms with Crippen LogP contribution in [0.1, 0.15) is 32.3 Å². The van der Waals surface area contributed by atoms with Crippen LogP contribution in [0.5, 0.6) is 0 Å². The molecule has 0 aromatic heterocycles.